The van der Waals surface area contributed by atoms with Crippen molar-refractivity contribution < 1.29 is 31.8 Å². The van der Waals surface area contributed by atoms with Gasteiger partial charge in [0.15, 0.2) is 0 Å². The molecular formula is C24H28F2SiZr. The van der Waals surface area contributed by atoms with E-state index in [9.17, 15) is 0 Å². The molecule has 0 atom stereocenters. The van der Waals surface area contributed by atoms with E-state index in [0.717, 1.165) is 12.8 Å². The van der Waals surface area contributed by atoms with Crippen molar-refractivity contribution >= 4 is 14.8 Å². The first-order chi connectivity index (χ1) is 12.3. The summed E-state index contributed by atoms with van der Waals surface area (Å²) in [6.07, 6.45) is 7.22. The van der Waals surface area contributed by atoms with Gasteiger partial charge in [0.2, 0.25) is 0 Å². The fraction of sp³-hybridized carbons (Fsp3) is 0.333. The van der Waals surface area contributed by atoms with Crippen LogP contribution in [0.25, 0.3) is 16.7 Å². The van der Waals surface area contributed by atoms with Gasteiger partial charge in [-0.05, 0) is 0 Å². The summed E-state index contributed by atoms with van der Waals surface area (Å²) in [6.45, 7) is 12.1. The average molecular weight is 474 g/mol. The molecule has 4 heteroatoms. The van der Waals surface area contributed by atoms with Crippen LogP contribution >= 0.6 is 0 Å². The van der Waals surface area contributed by atoms with E-state index in [1.807, 2.05) is 3.27 Å². The summed E-state index contributed by atoms with van der Waals surface area (Å²) in [4.78, 5) is 0. The predicted octanol–water partition coefficient (Wildman–Crippen LogP) is -0.283. The van der Waals surface area contributed by atoms with E-state index in [-0.39, 0.29) is 14.8 Å². The monoisotopic (exact) mass is 472 g/mol. The van der Waals surface area contributed by atoms with Gasteiger partial charge in [0, 0.05) is 0 Å². The van der Waals surface area contributed by atoms with Crippen LogP contribution in [0.2, 0.25) is 13.1 Å². The summed E-state index contributed by atoms with van der Waals surface area (Å²) < 4.78 is 1.82. The number of fused-ring (bicyclic) bond motifs is 3. The van der Waals surface area contributed by atoms with Crippen molar-refractivity contribution in [2.75, 3.05) is 0 Å². The predicted molar refractivity (Wildman–Crippen MR) is 113 cm³/mol. The smallest absolute Gasteiger partial charge is 1.00 e. The SMILES string of the molecule is C[SiH](C)[Zr+2][c]1c(C2=CC(C(C)(C)C)=CC2)ccc2c1Cc1ccccc1-2.[F-].[F-]. The number of halogens is 2. The topological polar surface area (TPSA) is 0 Å². The minimum Gasteiger partial charge on any atom is -1.00 e. The Morgan fingerprint density at radius 1 is 0.893 bits per heavy atom. The fourth-order valence-electron chi connectivity index (χ4n) is 4.17. The molecule has 0 amide bonds. The maximum absolute atomic E-state index is 2.55. The normalized spacial score (nSPS) is 14.4. The van der Waals surface area contributed by atoms with Crippen LogP contribution in [0.3, 0.4) is 0 Å². The number of hydrogen-bond acceptors (Lipinski definition) is 0. The zero-order valence-electron chi connectivity index (χ0n) is 17.4. The second-order valence-corrected chi connectivity index (χ2v) is 23.4. The van der Waals surface area contributed by atoms with Crippen LogP contribution in [0.4, 0.5) is 0 Å². The largest absolute Gasteiger partial charge is 1.00 e. The van der Waals surface area contributed by atoms with Crippen LogP contribution in [0, 0.1) is 5.41 Å². The van der Waals surface area contributed by atoms with Crippen molar-refractivity contribution in [2.45, 2.75) is 46.7 Å². The molecule has 28 heavy (non-hydrogen) atoms. The van der Waals surface area contributed by atoms with E-state index in [0.29, 0.717) is 0 Å². The molecule has 0 fully saturated rings. The molecule has 0 heterocycles. The van der Waals surface area contributed by atoms with Crippen molar-refractivity contribution in [3.05, 3.63) is 70.8 Å². The Bertz CT molecular complexity index is 936. The van der Waals surface area contributed by atoms with Crippen molar-refractivity contribution in [3.63, 3.8) is 0 Å². The number of benzene rings is 2. The number of rotatable bonds is 3. The molecule has 2 aromatic rings. The molecule has 0 saturated carbocycles. The van der Waals surface area contributed by atoms with Gasteiger partial charge in [-0.15, -0.1) is 0 Å². The molecule has 146 valence electrons. The minimum absolute atomic E-state index is 0. The first-order valence-electron chi connectivity index (χ1n) is 9.77. The summed E-state index contributed by atoms with van der Waals surface area (Å²) in [7, 11) is 0. The Balaban J connectivity index is 0.00000140. The molecule has 2 aromatic carbocycles. The maximum atomic E-state index is 2.55. The average Bonchev–Trinajstić information content (AvgIpc) is 3.19. The van der Waals surface area contributed by atoms with Gasteiger partial charge in [-0.1, -0.05) is 0 Å². The molecule has 2 aliphatic rings. The van der Waals surface area contributed by atoms with Gasteiger partial charge in [0.25, 0.3) is 0 Å². The Labute approximate surface area is 180 Å². The van der Waals surface area contributed by atoms with E-state index in [2.05, 4.69) is 82.4 Å². The van der Waals surface area contributed by atoms with Gasteiger partial charge >= 0.3 is 171 Å². The van der Waals surface area contributed by atoms with Gasteiger partial charge < -0.3 is 9.41 Å². The molecule has 4 rings (SSSR count). The molecule has 0 bridgehead atoms. The number of hydrogen-bond donors (Lipinski definition) is 0. The summed E-state index contributed by atoms with van der Waals surface area (Å²) in [5, 5.41) is 0. The van der Waals surface area contributed by atoms with Gasteiger partial charge in [-0.3, -0.25) is 0 Å². The third-order valence-electron chi connectivity index (χ3n) is 5.50. The van der Waals surface area contributed by atoms with Crippen molar-refractivity contribution in [2.24, 2.45) is 5.41 Å². The van der Waals surface area contributed by atoms with Crippen LogP contribution in [-0.4, -0.2) is 5.92 Å². The van der Waals surface area contributed by atoms with E-state index < -0.39 is 28.3 Å². The molecule has 0 spiro atoms. The van der Waals surface area contributed by atoms with Gasteiger partial charge in [-0.25, -0.2) is 0 Å². The summed E-state index contributed by atoms with van der Waals surface area (Å²) in [5.74, 6) is -0.524. The molecule has 0 radical (unpaired) electrons. The van der Waals surface area contributed by atoms with Gasteiger partial charge in [0.1, 0.15) is 0 Å². The standard InChI is InChI=1S/C22H21.C2H7Si.2FH.Zr/c1-22(2,3)19-10-8-16(14-19)15-9-11-21-18(12-15)13-17-6-4-5-7-20(17)21;1-3-2;;;/h4-7,9-11,14H,8,13H2,1-3H3;3H,1-2H3;2*1H;/q;;;;+2/p-2. The zero-order chi connectivity index (χ0) is 18.5. The summed E-state index contributed by atoms with van der Waals surface area (Å²) in [6, 6.07) is 13.9. The van der Waals surface area contributed by atoms with Crippen LogP contribution < -0.4 is 12.7 Å². The Morgan fingerprint density at radius 3 is 2.21 bits per heavy atom. The van der Waals surface area contributed by atoms with E-state index in [1.165, 1.54) is 22.3 Å². The van der Waals surface area contributed by atoms with Crippen LogP contribution in [-0.2, 0) is 28.8 Å². The first kappa shape index (κ1) is 23.2. The van der Waals surface area contributed by atoms with E-state index >= 15 is 0 Å². The molecule has 0 saturated heterocycles. The summed E-state index contributed by atoms with van der Waals surface area (Å²) >= 11 is -0.477. The molecular weight excluding hydrogens is 446 g/mol. The van der Waals surface area contributed by atoms with Gasteiger partial charge in [0.05, 0.1) is 0 Å². The fourth-order valence-corrected chi connectivity index (χ4v) is 12.9. The molecule has 2 aliphatic carbocycles. The van der Waals surface area contributed by atoms with E-state index in [1.54, 1.807) is 16.7 Å². The molecule has 0 unspecified atom stereocenters. The zero-order valence-corrected chi connectivity index (χ0v) is 21.0. The van der Waals surface area contributed by atoms with Gasteiger partial charge in [-0.2, -0.15) is 0 Å². The quantitative estimate of drug-likeness (QED) is 0.459. The van der Waals surface area contributed by atoms with E-state index in [4.69, 9.17) is 0 Å². The van der Waals surface area contributed by atoms with Crippen LogP contribution in [0.1, 0.15) is 43.9 Å². The minimum atomic E-state index is -0.524. The molecule has 0 N–H and O–H groups in total. The van der Waals surface area contributed by atoms with Crippen LogP contribution in [0.15, 0.2) is 54.1 Å². The second kappa shape index (κ2) is 8.71. The van der Waals surface area contributed by atoms with Crippen LogP contribution in [0.5, 0.6) is 0 Å². The van der Waals surface area contributed by atoms with Crippen molar-refractivity contribution in [3.8, 4) is 11.1 Å². The first-order valence-corrected chi connectivity index (χ1v) is 18.1. The third kappa shape index (κ3) is 4.24. The molecule has 0 aliphatic heterocycles. The Kier molecular flexibility index (Phi) is 7.21. The molecule has 0 nitrogen and oxygen atoms in total. The summed E-state index contributed by atoms with van der Waals surface area (Å²) in [5.41, 5.74) is 11.1. The van der Waals surface area contributed by atoms with Crippen molar-refractivity contribution in [1.29, 1.82) is 0 Å². The molecule has 0 aromatic heterocycles. The van der Waals surface area contributed by atoms with Crippen molar-refractivity contribution in [1.82, 2.24) is 0 Å². The third-order valence-corrected chi connectivity index (χ3v) is 14.2. The maximum Gasteiger partial charge on any atom is -1.00 e. The Hall–Kier alpha value is -1.12. The Morgan fingerprint density at radius 2 is 1.57 bits per heavy atom. The second-order valence-electron chi connectivity index (χ2n) is 8.93. The number of allylic oxidation sites excluding steroid dienone is 4.